The summed E-state index contributed by atoms with van der Waals surface area (Å²) in [5, 5.41) is 9.58. The summed E-state index contributed by atoms with van der Waals surface area (Å²) in [6.45, 7) is 6.40. The molecule has 1 heteroatoms. The summed E-state index contributed by atoms with van der Waals surface area (Å²) < 4.78 is 0. The molecule has 12 heavy (non-hydrogen) atoms. The van der Waals surface area contributed by atoms with Gasteiger partial charge in [0.1, 0.15) is 0 Å². The van der Waals surface area contributed by atoms with E-state index in [0.29, 0.717) is 0 Å². The lowest BCUT2D eigenvalue weighted by atomic mass is 9.75. The maximum atomic E-state index is 9.58. The molecule has 4 atom stereocenters. The van der Waals surface area contributed by atoms with Crippen molar-refractivity contribution in [3.05, 3.63) is 12.2 Å². The van der Waals surface area contributed by atoms with E-state index in [0.717, 1.165) is 30.6 Å². The van der Waals surface area contributed by atoms with Crippen LogP contribution in [0.5, 0.6) is 0 Å². The Kier molecular flexibility index (Phi) is 1.99. The van der Waals surface area contributed by atoms with Crippen molar-refractivity contribution < 1.29 is 5.11 Å². The van der Waals surface area contributed by atoms with Gasteiger partial charge in [-0.2, -0.15) is 0 Å². The van der Waals surface area contributed by atoms with Crippen molar-refractivity contribution in [3.63, 3.8) is 0 Å². The second kappa shape index (κ2) is 2.88. The standard InChI is InChI=1S/C11H18O/c1-7-3-4-10-8(2)5-9(12)6-11(7)10/h7,9-12H,2-6H2,1H3/t7-,9+,10+,11-/m1/s1. The second-order valence-electron chi connectivity index (χ2n) is 4.58. The number of fused-ring (bicyclic) bond motifs is 1. The Morgan fingerprint density at radius 2 is 2.17 bits per heavy atom. The molecule has 68 valence electrons. The molecular weight excluding hydrogens is 148 g/mol. The zero-order chi connectivity index (χ0) is 8.72. The van der Waals surface area contributed by atoms with Gasteiger partial charge in [-0.05, 0) is 43.4 Å². The molecule has 0 aromatic carbocycles. The molecule has 0 amide bonds. The summed E-state index contributed by atoms with van der Waals surface area (Å²) in [4.78, 5) is 0. The van der Waals surface area contributed by atoms with E-state index in [-0.39, 0.29) is 6.10 Å². The van der Waals surface area contributed by atoms with Gasteiger partial charge in [0.25, 0.3) is 0 Å². The fraction of sp³-hybridized carbons (Fsp3) is 0.818. The van der Waals surface area contributed by atoms with Gasteiger partial charge >= 0.3 is 0 Å². The fourth-order valence-electron chi connectivity index (χ4n) is 3.02. The maximum Gasteiger partial charge on any atom is 0.0580 e. The molecule has 2 rings (SSSR count). The highest BCUT2D eigenvalue weighted by atomic mass is 16.3. The van der Waals surface area contributed by atoms with Crippen LogP contribution in [-0.2, 0) is 0 Å². The van der Waals surface area contributed by atoms with Gasteiger partial charge in [-0.1, -0.05) is 19.1 Å². The van der Waals surface area contributed by atoms with Gasteiger partial charge in [-0.25, -0.2) is 0 Å². The van der Waals surface area contributed by atoms with E-state index in [1.54, 1.807) is 0 Å². The quantitative estimate of drug-likeness (QED) is 0.548. The summed E-state index contributed by atoms with van der Waals surface area (Å²) in [6.07, 6.45) is 4.43. The highest BCUT2D eigenvalue weighted by Crippen LogP contribution is 2.47. The zero-order valence-corrected chi connectivity index (χ0v) is 7.79. The molecule has 0 saturated heterocycles. The Bertz CT molecular complexity index is 197. The minimum atomic E-state index is -0.0979. The fourth-order valence-corrected chi connectivity index (χ4v) is 3.02. The average molecular weight is 166 g/mol. The lowest BCUT2D eigenvalue weighted by Crippen LogP contribution is -2.28. The SMILES string of the molecule is C=C1C[C@H](O)C[C@@H]2[C@H](C)CC[C@@H]12. The smallest absolute Gasteiger partial charge is 0.0580 e. The summed E-state index contributed by atoms with van der Waals surface area (Å²) in [5.74, 6) is 2.28. The van der Waals surface area contributed by atoms with Gasteiger partial charge in [-0.15, -0.1) is 0 Å². The molecule has 2 aliphatic rings. The summed E-state index contributed by atoms with van der Waals surface area (Å²) in [6, 6.07) is 0. The first-order chi connectivity index (χ1) is 5.68. The van der Waals surface area contributed by atoms with E-state index in [4.69, 9.17) is 0 Å². The van der Waals surface area contributed by atoms with E-state index in [2.05, 4.69) is 13.5 Å². The molecule has 0 spiro atoms. The maximum absolute atomic E-state index is 9.58. The van der Waals surface area contributed by atoms with E-state index in [1.165, 1.54) is 18.4 Å². The number of aliphatic hydroxyl groups excluding tert-OH is 1. The van der Waals surface area contributed by atoms with E-state index in [1.807, 2.05) is 0 Å². The highest BCUT2D eigenvalue weighted by molar-refractivity contribution is 5.11. The molecule has 2 aliphatic carbocycles. The van der Waals surface area contributed by atoms with Crippen molar-refractivity contribution in [1.82, 2.24) is 0 Å². The number of hydrogen-bond acceptors (Lipinski definition) is 1. The van der Waals surface area contributed by atoms with Crippen LogP contribution >= 0.6 is 0 Å². The molecule has 0 aromatic heterocycles. The molecule has 2 fully saturated rings. The normalized spacial score (nSPS) is 47.7. The van der Waals surface area contributed by atoms with Gasteiger partial charge in [0.15, 0.2) is 0 Å². The first-order valence-electron chi connectivity index (χ1n) is 5.04. The second-order valence-corrected chi connectivity index (χ2v) is 4.58. The molecule has 0 bridgehead atoms. The van der Waals surface area contributed by atoms with E-state index >= 15 is 0 Å². The van der Waals surface area contributed by atoms with Crippen molar-refractivity contribution in [2.75, 3.05) is 0 Å². The van der Waals surface area contributed by atoms with Crippen LogP contribution in [0.1, 0.15) is 32.6 Å². The Morgan fingerprint density at radius 1 is 1.42 bits per heavy atom. The molecule has 0 aliphatic heterocycles. The van der Waals surface area contributed by atoms with Crippen LogP contribution in [0.2, 0.25) is 0 Å². The van der Waals surface area contributed by atoms with Crippen LogP contribution in [-0.4, -0.2) is 11.2 Å². The zero-order valence-electron chi connectivity index (χ0n) is 7.79. The van der Waals surface area contributed by atoms with Crippen LogP contribution in [0.15, 0.2) is 12.2 Å². The molecular formula is C11H18O. The van der Waals surface area contributed by atoms with Crippen LogP contribution in [0.25, 0.3) is 0 Å². The molecule has 0 aromatic rings. The molecule has 0 radical (unpaired) electrons. The van der Waals surface area contributed by atoms with Crippen molar-refractivity contribution in [1.29, 1.82) is 0 Å². The third-order valence-corrected chi connectivity index (χ3v) is 3.75. The number of rotatable bonds is 0. The molecule has 0 unspecified atom stereocenters. The Balaban J connectivity index is 2.14. The van der Waals surface area contributed by atoms with Crippen LogP contribution < -0.4 is 0 Å². The predicted molar refractivity (Wildman–Crippen MR) is 49.8 cm³/mol. The third kappa shape index (κ3) is 1.20. The van der Waals surface area contributed by atoms with Crippen LogP contribution in [0, 0.1) is 17.8 Å². The van der Waals surface area contributed by atoms with Gasteiger partial charge in [0, 0.05) is 0 Å². The first kappa shape index (κ1) is 8.31. The Morgan fingerprint density at radius 3 is 2.92 bits per heavy atom. The highest BCUT2D eigenvalue weighted by Gasteiger charge is 2.39. The Hall–Kier alpha value is -0.300. The van der Waals surface area contributed by atoms with Crippen LogP contribution in [0.4, 0.5) is 0 Å². The topological polar surface area (TPSA) is 20.2 Å². The minimum absolute atomic E-state index is 0.0979. The van der Waals surface area contributed by atoms with E-state index in [9.17, 15) is 5.11 Å². The molecule has 1 N–H and O–H groups in total. The monoisotopic (exact) mass is 166 g/mol. The van der Waals surface area contributed by atoms with Gasteiger partial charge < -0.3 is 5.11 Å². The first-order valence-corrected chi connectivity index (χ1v) is 5.04. The number of hydrogen-bond donors (Lipinski definition) is 1. The van der Waals surface area contributed by atoms with Crippen molar-refractivity contribution in [2.45, 2.75) is 38.7 Å². The average Bonchev–Trinajstić information content (AvgIpc) is 2.33. The van der Waals surface area contributed by atoms with Gasteiger partial charge in [-0.3, -0.25) is 0 Å². The minimum Gasteiger partial charge on any atom is -0.393 e. The lowest BCUT2D eigenvalue weighted by molar-refractivity contribution is 0.0981. The predicted octanol–water partition coefficient (Wildman–Crippen LogP) is 2.36. The molecule has 0 heterocycles. The summed E-state index contributed by atoms with van der Waals surface area (Å²) in [5.41, 5.74) is 1.31. The summed E-state index contributed by atoms with van der Waals surface area (Å²) >= 11 is 0. The molecule has 2 saturated carbocycles. The van der Waals surface area contributed by atoms with Gasteiger partial charge in [0.05, 0.1) is 6.10 Å². The summed E-state index contributed by atoms with van der Waals surface area (Å²) in [7, 11) is 0. The largest absolute Gasteiger partial charge is 0.393 e. The lowest BCUT2D eigenvalue weighted by Gasteiger charge is -2.33. The number of aliphatic hydroxyl groups is 1. The van der Waals surface area contributed by atoms with Crippen molar-refractivity contribution >= 4 is 0 Å². The van der Waals surface area contributed by atoms with Crippen molar-refractivity contribution in [3.8, 4) is 0 Å². The van der Waals surface area contributed by atoms with E-state index < -0.39 is 0 Å². The Labute approximate surface area is 74.5 Å². The van der Waals surface area contributed by atoms with Gasteiger partial charge in [0.2, 0.25) is 0 Å². The molecule has 1 nitrogen and oxygen atoms in total. The van der Waals surface area contributed by atoms with Crippen LogP contribution in [0.3, 0.4) is 0 Å². The third-order valence-electron chi connectivity index (χ3n) is 3.75. The van der Waals surface area contributed by atoms with Crippen molar-refractivity contribution in [2.24, 2.45) is 17.8 Å².